The van der Waals surface area contributed by atoms with E-state index in [-0.39, 0.29) is 5.56 Å². The van der Waals surface area contributed by atoms with Gasteiger partial charge in [0.15, 0.2) is 0 Å². The average molecular weight is 376 g/mol. The number of hydrogen-bond donors (Lipinski definition) is 1. The smallest absolute Gasteiger partial charge is 0.266 e. The Labute approximate surface area is 153 Å². The lowest BCUT2D eigenvalue weighted by molar-refractivity contribution is 1.22. The minimum atomic E-state index is -0.476. The number of halogens is 3. The summed E-state index contributed by atoms with van der Waals surface area (Å²) in [6, 6.07) is 15.7. The van der Waals surface area contributed by atoms with Gasteiger partial charge >= 0.3 is 0 Å². The number of nitrogens with one attached hydrogen (secondary N) is 1. The van der Waals surface area contributed by atoms with E-state index >= 15 is 0 Å². The van der Waals surface area contributed by atoms with Gasteiger partial charge in [0.1, 0.15) is 11.6 Å². The highest BCUT2D eigenvalue weighted by Gasteiger charge is 2.13. The molecule has 0 fully saturated rings. The standard InChI is InChI=1S/C18H9Cl3N2O/c19-12-3-1-2-10(6-12)13-8-17(23-18(24)14(13)9-22)11-4-5-15(20)16(21)7-11/h1-8H,(H,23,24). The molecule has 0 bridgehead atoms. The largest absolute Gasteiger partial charge is 0.321 e. The molecule has 3 rings (SSSR count). The van der Waals surface area contributed by atoms with Crippen molar-refractivity contribution in [2.45, 2.75) is 0 Å². The van der Waals surface area contributed by atoms with Crippen molar-refractivity contribution < 1.29 is 0 Å². The summed E-state index contributed by atoms with van der Waals surface area (Å²) in [5.41, 5.74) is 1.97. The second kappa shape index (κ2) is 6.70. The molecule has 3 nitrogen and oxygen atoms in total. The van der Waals surface area contributed by atoms with Crippen LogP contribution in [0, 0.1) is 11.3 Å². The average Bonchev–Trinajstić information content (AvgIpc) is 2.56. The molecule has 1 heterocycles. The Morgan fingerprint density at radius 2 is 1.71 bits per heavy atom. The first kappa shape index (κ1) is 16.6. The minimum Gasteiger partial charge on any atom is -0.321 e. The van der Waals surface area contributed by atoms with Crippen LogP contribution >= 0.6 is 34.8 Å². The second-order valence-corrected chi connectivity index (χ2v) is 6.30. The lowest BCUT2D eigenvalue weighted by Gasteiger charge is -2.09. The zero-order valence-corrected chi connectivity index (χ0v) is 14.4. The molecule has 24 heavy (non-hydrogen) atoms. The number of pyridine rings is 1. The Morgan fingerprint density at radius 1 is 0.917 bits per heavy atom. The third-order valence-corrected chi connectivity index (χ3v) is 4.49. The molecule has 2 aromatic carbocycles. The molecule has 1 aromatic heterocycles. The van der Waals surface area contributed by atoms with Gasteiger partial charge in [-0.3, -0.25) is 4.79 Å². The first-order valence-corrected chi connectivity index (χ1v) is 8.02. The van der Waals surface area contributed by atoms with E-state index in [2.05, 4.69) is 4.98 Å². The lowest BCUT2D eigenvalue weighted by Crippen LogP contribution is -2.12. The van der Waals surface area contributed by atoms with Gasteiger partial charge in [-0.05, 0) is 41.5 Å². The highest BCUT2D eigenvalue weighted by Crippen LogP contribution is 2.31. The van der Waals surface area contributed by atoms with Gasteiger partial charge in [-0.15, -0.1) is 0 Å². The summed E-state index contributed by atoms with van der Waals surface area (Å²) in [5.74, 6) is 0. The highest BCUT2D eigenvalue weighted by molar-refractivity contribution is 6.42. The fourth-order valence-corrected chi connectivity index (χ4v) is 2.86. The Kier molecular flexibility index (Phi) is 4.64. The van der Waals surface area contributed by atoms with Crippen LogP contribution < -0.4 is 5.56 Å². The zero-order valence-electron chi connectivity index (χ0n) is 12.1. The summed E-state index contributed by atoms with van der Waals surface area (Å²) < 4.78 is 0. The third-order valence-electron chi connectivity index (χ3n) is 3.51. The normalized spacial score (nSPS) is 10.4. The van der Waals surface area contributed by atoms with E-state index in [4.69, 9.17) is 34.8 Å². The molecule has 0 unspecified atom stereocenters. The zero-order chi connectivity index (χ0) is 17.3. The molecule has 0 saturated heterocycles. The molecule has 0 saturated carbocycles. The minimum absolute atomic E-state index is 0.0288. The number of nitrogens with zero attached hydrogens (tertiary/aromatic N) is 1. The second-order valence-electron chi connectivity index (χ2n) is 5.05. The molecule has 0 amide bonds. The molecule has 0 aliphatic carbocycles. The molecule has 1 N–H and O–H groups in total. The van der Waals surface area contributed by atoms with E-state index in [0.717, 1.165) is 0 Å². The van der Waals surface area contributed by atoms with Gasteiger partial charge in [0, 0.05) is 16.3 Å². The van der Waals surface area contributed by atoms with E-state index in [1.165, 1.54) is 0 Å². The van der Waals surface area contributed by atoms with E-state index < -0.39 is 5.56 Å². The number of nitriles is 1. The summed E-state index contributed by atoms with van der Waals surface area (Å²) >= 11 is 18.0. The number of aromatic nitrogens is 1. The number of hydrogen-bond acceptors (Lipinski definition) is 2. The Balaban J connectivity index is 2.26. The molecule has 118 valence electrons. The topological polar surface area (TPSA) is 56.6 Å². The predicted octanol–water partition coefficient (Wildman–Crippen LogP) is 5.54. The first-order valence-electron chi connectivity index (χ1n) is 6.88. The van der Waals surface area contributed by atoms with E-state index in [9.17, 15) is 10.1 Å². The van der Waals surface area contributed by atoms with Crippen LogP contribution in [0.25, 0.3) is 22.4 Å². The van der Waals surface area contributed by atoms with Gasteiger partial charge < -0.3 is 4.98 Å². The quantitative estimate of drug-likeness (QED) is 0.639. The fourth-order valence-electron chi connectivity index (χ4n) is 2.37. The fraction of sp³-hybridized carbons (Fsp3) is 0. The van der Waals surface area contributed by atoms with Gasteiger partial charge in [-0.2, -0.15) is 5.26 Å². The van der Waals surface area contributed by atoms with Crippen molar-refractivity contribution in [2.75, 3.05) is 0 Å². The Hall–Kier alpha value is -2.25. The van der Waals surface area contributed by atoms with Crippen LogP contribution in [0.2, 0.25) is 15.1 Å². The first-order chi connectivity index (χ1) is 11.5. The monoisotopic (exact) mass is 374 g/mol. The summed E-state index contributed by atoms with van der Waals surface area (Å²) in [6.45, 7) is 0. The molecule has 0 aliphatic rings. The Morgan fingerprint density at radius 3 is 2.38 bits per heavy atom. The van der Waals surface area contributed by atoms with Crippen LogP contribution in [0.5, 0.6) is 0 Å². The van der Waals surface area contributed by atoms with Crippen molar-refractivity contribution >= 4 is 34.8 Å². The van der Waals surface area contributed by atoms with Crippen LogP contribution in [0.15, 0.2) is 53.3 Å². The summed E-state index contributed by atoms with van der Waals surface area (Å²) in [7, 11) is 0. The SMILES string of the molecule is N#Cc1c(-c2cccc(Cl)c2)cc(-c2ccc(Cl)c(Cl)c2)[nH]c1=O. The number of benzene rings is 2. The number of rotatable bonds is 2. The summed E-state index contributed by atoms with van der Waals surface area (Å²) in [5, 5.41) is 10.7. The van der Waals surface area contributed by atoms with Crippen LogP contribution in [-0.4, -0.2) is 4.98 Å². The van der Waals surface area contributed by atoms with E-state index in [1.807, 2.05) is 6.07 Å². The molecule has 0 spiro atoms. The van der Waals surface area contributed by atoms with Crippen LogP contribution in [0.4, 0.5) is 0 Å². The maximum absolute atomic E-state index is 12.3. The van der Waals surface area contributed by atoms with Crippen LogP contribution in [-0.2, 0) is 0 Å². The van der Waals surface area contributed by atoms with Crippen molar-refractivity contribution in [1.82, 2.24) is 4.98 Å². The molecule has 6 heteroatoms. The van der Waals surface area contributed by atoms with Crippen LogP contribution in [0.1, 0.15) is 5.56 Å². The molecule has 3 aromatic rings. The maximum Gasteiger partial charge on any atom is 0.266 e. The molecular weight excluding hydrogens is 367 g/mol. The van der Waals surface area contributed by atoms with Crippen molar-refractivity contribution in [1.29, 1.82) is 5.26 Å². The van der Waals surface area contributed by atoms with Crippen molar-refractivity contribution in [3.8, 4) is 28.5 Å². The van der Waals surface area contributed by atoms with Gasteiger partial charge in [-0.1, -0.05) is 53.0 Å². The molecule has 0 radical (unpaired) electrons. The predicted molar refractivity (Wildman–Crippen MR) is 97.7 cm³/mol. The van der Waals surface area contributed by atoms with Gasteiger partial charge in [0.25, 0.3) is 5.56 Å². The van der Waals surface area contributed by atoms with Gasteiger partial charge in [-0.25, -0.2) is 0 Å². The number of aromatic amines is 1. The third kappa shape index (κ3) is 3.18. The van der Waals surface area contributed by atoms with Crippen molar-refractivity contribution in [2.24, 2.45) is 0 Å². The maximum atomic E-state index is 12.3. The Bertz CT molecular complexity index is 1040. The lowest BCUT2D eigenvalue weighted by atomic mass is 9.99. The van der Waals surface area contributed by atoms with Crippen LogP contribution in [0.3, 0.4) is 0 Å². The molecule has 0 atom stereocenters. The molecular formula is C18H9Cl3N2O. The van der Waals surface area contributed by atoms with Crippen molar-refractivity contribution in [3.63, 3.8) is 0 Å². The molecule has 0 aliphatic heterocycles. The van der Waals surface area contributed by atoms with Gasteiger partial charge in [0.2, 0.25) is 0 Å². The number of H-pyrrole nitrogens is 1. The van der Waals surface area contributed by atoms with E-state index in [1.54, 1.807) is 48.5 Å². The summed E-state index contributed by atoms with van der Waals surface area (Å²) in [4.78, 5) is 15.0. The van der Waals surface area contributed by atoms with E-state index in [0.29, 0.717) is 37.5 Å². The van der Waals surface area contributed by atoms with Crippen molar-refractivity contribution in [3.05, 3.63) is 79.5 Å². The van der Waals surface area contributed by atoms with Gasteiger partial charge in [0.05, 0.1) is 10.0 Å². The summed E-state index contributed by atoms with van der Waals surface area (Å²) in [6.07, 6.45) is 0. The highest BCUT2D eigenvalue weighted by atomic mass is 35.5.